The number of hydrogen-bond acceptors (Lipinski definition) is 3. The molecule has 0 aliphatic carbocycles. The standard InChI is InChI=1S/C16H17N3O/c1-17-16(20)13-6-8-18-15(10-13)19-9-7-12-4-2-3-5-14(12)11-19/h2-6,8,10H,7,9,11H2,1H3,(H,17,20). The predicted molar refractivity (Wildman–Crippen MR) is 78.8 cm³/mol. The largest absolute Gasteiger partial charge is 0.355 e. The average Bonchev–Trinajstić information content (AvgIpc) is 2.53. The fraction of sp³-hybridized carbons (Fsp3) is 0.250. The number of amides is 1. The minimum absolute atomic E-state index is 0.0777. The molecule has 0 unspecified atom stereocenters. The molecular formula is C16H17N3O. The fourth-order valence-corrected chi connectivity index (χ4v) is 2.57. The Hall–Kier alpha value is -2.36. The van der Waals surface area contributed by atoms with Crippen LogP contribution in [-0.2, 0) is 13.0 Å². The molecule has 2 aromatic rings. The number of nitrogens with one attached hydrogen (secondary N) is 1. The minimum atomic E-state index is -0.0777. The number of rotatable bonds is 2. The zero-order chi connectivity index (χ0) is 13.9. The van der Waals surface area contributed by atoms with E-state index in [2.05, 4.69) is 39.5 Å². The highest BCUT2D eigenvalue weighted by Gasteiger charge is 2.17. The van der Waals surface area contributed by atoms with Gasteiger partial charge in [-0.25, -0.2) is 4.98 Å². The van der Waals surface area contributed by atoms with Gasteiger partial charge >= 0.3 is 0 Å². The van der Waals surface area contributed by atoms with Crippen molar-refractivity contribution in [3.63, 3.8) is 0 Å². The Morgan fingerprint density at radius 2 is 2.05 bits per heavy atom. The summed E-state index contributed by atoms with van der Waals surface area (Å²) in [5.74, 6) is 0.784. The van der Waals surface area contributed by atoms with Crippen LogP contribution in [0.15, 0.2) is 42.6 Å². The SMILES string of the molecule is CNC(=O)c1ccnc(N2CCc3ccccc3C2)c1. The third kappa shape index (κ3) is 2.37. The van der Waals surface area contributed by atoms with Gasteiger partial charge < -0.3 is 10.2 Å². The van der Waals surface area contributed by atoms with Crippen molar-refractivity contribution >= 4 is 11.7 Å². The Kier molecular flexibility index (Phi) is 3.37. The van der Waals surface area contributed by atoms with Crippen molar-refractivity contribution in [2.24, 2.45) is 0 Å². The van der Waals surface area contributed by atoms with Gasteiger partial charge in [0.05, 0.1) is 0 Å². The third-order valence-electron chi connectivity index (χ3n) is 3.69. The lowest BCUT2D eigenvalue weighted by Crippen LogP contribution is -2.31. The van der Waals surface area contributed by atoms with Crippen LogP contribution in [0.4, 0.5) is 5.82 Å². The molecule has 4 heteroatoms. The Morgan fingerprint density at radius 3 is 2.85 bits per heavy atom. The number of fused-ring (bicyclic) bond motifs is 1. The number of anilines is 1. The molecule has 0 saturated carbocycles. The van der Waals surface area contributed by atoms with Crippen molar-refractivity contribution in [3.8, 4) is 0 Å². The van der Waals surface area contributed by atoms with E-state index in [4.69, 9.17) is 0 Å². The summed E-state index contributed by atoms with van der Waals surface area (Å²) in [7, 11) is 1.64. The quantitative estimate of drug-likeness (QED) is 0.905. The Bertz CT molecular complexity index is 639. The number of aromatic nitrogens is 1. The van der Waals surface area contributed by atoms with Crippen LogP contribution in [0.2, 0.25) is 0 Å². The van der Waals surface area contributed by atoms with E-state index >= 15 is 0 Å². The second-order valence-electron chi connectivity index (χ2n) is 4.92. The fourth-order valence-electron chi connectivity index (χ4n) is 2.57. The van der Waals surface area contributed by atoms with E-state index < -0.39 is 0 Å². The molecule has 4 nitrogen and oxygen atoms in total. The molecule has 0 spiro atoms. The molecule has 2 heterocycles. The van der Waals surface area contributed by atoms with Gasteiger partial charge in [-0.2, -0.15) is 0 Å². The number of benzene rings is 1. The summed E-state index contributed by atoms with van der Waals surface area (Å²) < 4.78 is 0. The second-order valence-corrected chi connectivity index (χ2v) is 4.92. The number of carbonyl (C=O) groups excluding carboxylic acids is 1. The van der Waals surface area contributed by atoms with Gasteiger partial charge in [-0.05, 0) is 29.7 Å². The molecule has 0 radical (unpaired) electrons. The molecule has 0 atom stereocenters. The first-order valence-corrected chi connectivity index (χ1v) is 6.78. The molecule has 1 aromatic heterocycles. The van der Waals surface area contributed by atoms with Gasteiger partial charge in [0.15, 0.2) is 0 Å². The number of nitrogens with zero attached hydrogens (tertiary/aromatic N) is 2. The summed E-state index contributed by atoms with van der Waals surface area (Å²) in [4.78, 5) is 18.3. The summed E-state index contributed by atoms with van der Waals surface area (Å²) in [5, 5.41) is 2.64. The molecule has 1 amide bonds. The van der Waals surface area contributed by atoms with Crippen molar-refractivity contribution in [3.05, 3.63) is 59.3 Å². The van der Waals surface area contributed by atoms with Gasteiger partial charge in [0.25, 0.3) is 5.91 Å². The van der Waals surface area contributed by atoms with Crippen LogP contribution in [0, 0.1) is 0 Å². The van der Waals surface area contributed by atoms with E-state index in [1.165, 1.54) is 11.1 Å². The molecule has 1 aromatic carbocycles. The topological polar surface area (TPSA) is 45.2 Å². The highest BCUT2D eigenvalue weighted by atomic mass is 16.1. The van der Waals surface area contributed by atoms with Gasteiger partial charge in [0, 0.05) is 31.9 Å². The van der Waals surface area contributed by atoms with Gasteiger partial charge in [-0.3, -0.25) is 4.79 Å². The van der Waals surface area contributed by atoms with E-state index in [0.717, 1.165) is 25.3 Å². The van der Waals surface area contributed by atoms with Gasteiger partial charge in [0.1, 0.15) is 5.82 Å². The maximum atomic E-state index is 11.7. The molecule has 20 heavy (non-hydrogen) atoms. The summed E-state index contributed by atoms with van der Waals surface area (Å²) in [6, 6.07) is 12.1. The van der Waals surface area contributed by atoms with E-state index in [-0.39, 0.29) is 5.91 Å². The first kappa shape index (κ1) is 12.7. The second kappa shape index (κ2) is 5.33. The van der Waals surface area contributed by atoms with Crippen molar-refractivity contribution < 1.29 is 4.79 Å². The minimum Gasteiger partial charge on any atom is -0.355 e. The number of carbonyl (C=O) groups is 1. The summed E-state index contributed by atoms with van der Waals surface area (Å²) >= 11 is 0. The molecule has 0 bridgehead atoms. The van der Waals surface area contributed by atoms with E-state index in [1.807, 2.05) is 6.07 Å². The highest BCUT2D eigenvalue weighted by molar-refractivity contribution is 5.94. The van der Waals surface area contributed by atoms with Gasteiger partial charge in [-0.1, -0.05) is 24.3 Å². The Labute approximate surface area is 118 Å². The molecular weight excluding hydrogens is 250 g/mol. The zero-order valence-electron chi connectivity index (χ0n) is 11.5. The number of hydrogen-bond donors (Lipinski definition) is 1. The van der Waals surface area contributed by atoms with Crippen molar-refractivity contribution in [1.82, 2.24) is 10.3 Å². The molecule has 0 fully saturated rings. The summed E-state index contributed by atoms with van der Waals surface area (Å²) in [6.45, 7) is 1.78. The smallest absolute Gasteiger partial charge is 0.251 e. The van der Waals surface area contributed by atoms with E-state index in [1.54, 1.807) is 19.3 Å². The molecule has 1 aliphatic rings. The normalized spacial score (nSPS) is 13.8. The van der Waals surface area contributed by atoms with Crippen molar-refractivity contribution in [2.75, 3.05) is 18.5 Å². The van der Waals surface area contributed by atoms with Crippen LogP contribution in [0.3, 0.4) is 0 Å². The lowest BCUT2D eigenvalue weighted by molar-refractivity contribution is 0.0963. The summed E-state index contributed by atoms with van der Waals surface area (Å²) in [5.41, 5.74) is 3.40. The molecule has 3 rings (SSSR count). The summed E-state index contributed by atoms with van der Waals surface area (Å²) in [6.07, 6.45) is 2.71. The Balaban J connectivity index is 1.86. The van der Waals surface area contributed by atoms with Crippen LogP contribution in [-0.4, -0.2) is 24.5 Å². The lowest BCUT2D eigenvalue weighted by atomic mass is 10.00. The van der Waals surface area contributed by atoms with E-state index in [0.29, 0.717) is 5.56 Å². The molecule has 102 valence electrons. The van der Waals surface area contributed by atoms with Crippen LogP contribution in [0.25, 0.3) is 0 Å². The maximum Gasteiger partial charge on any atom is 0.251 e. The van der Waals surface area contributed by atoms with Crippen LogP contribution in [0.5, 0.6) is 0 Å². The maximum absolute atomic E-state index is 11.7. The molecule has 0 saturated heterocycles. The van der Waals surface area contributed by atoms with Gasteiger partial charge in [-0.15, -0.1) is 0 Å². The first-order valence-electron chi connectivity index (χ1n) is 6.78. The molecule has 1 N–H and O–H groups in total. The lowest BCUT2D eigenvalue weighted by Gasteiger charge is -2.29. The van der Waals surface area contributed by atoms with Crippen LogP contribution >= 0.6 is 0 Å². The van der Waals surface area contributed by atoms with E-state index in [9.17, 15) is 4.79 Å². The highest BCUT2D eigenvalue weighted by Crippen LogP contribution is 2.23. The first-order chi connectivity index (χ1) is 9.78. The van der Waals surface area contributed by atoms with Gasteiger partial charge in [0.2, 0.25) is 0 Å². The van der Waals surface area contributed by atoms with Crippen molar-refractivity contribution in [1.29, 1.82) is 0 Å². The van der Waals surface area contributed by atoms with Crippen LogP contribution in [0.1, 0.15) is 21.5 Å². The number of pyridine rings is 1. The van der Waals surface area contributed by atoms with Crippen LogP contribution < -0.4 is 10.2 Å². The van der Waals surface area contributed by atoms with Crippen molar-refractivity contribution in [2.45, 2.75) is 13.0 Å². The predicted octanol–water partition coefficient (Wildman–Crippen LogP) is 2.00. The Morgan fingerprint density at radius 1 is 1.25 bits per heavy atom. The third-order valence-corrected chi connectivity index (χ3v) is 3.69. The molecule has 1 aliphatic heterocycles. The average molecular weight is 267 g/mol. The monoisotopic (exact) mass is 267 g/mol. The zero-order valence-corrected chi connectivity index (χ0v) is 11.5.